The monoisotopic (exact) mass is 268 g/mol. The molecule has 2 heterocycles. The van der Waals surface area contributed by atoms with Crippen LogP contribution in [-0.4, -0.2) is 28.2 Å². The van der Waals surface area contributed by atoms with Crippen LogP contribution in [0, 0.1) is 47.3 Å². The van der Waals surface area contributed by atoms with Crippen LogP contribution in [0.25, 0.3) is 0 Å². The molecule has 5 saturated carbocycles. The fraction of sp³-hybridized carbons (Fsp3) is 0.929. The maximum absolute atomic E-state index is 14.5. The summed E-state index contributed by atoms with van der Waals surface area (Å²) in [5.41, 5.74) is -2.12. The van der Waals surface area contributed by atoms with Crippen LogP contribution in [0.15, 0.2) is 0 Å². The molecule has 3 nitrogen and oxygen atoms in total. The second kappa shape index (κ2) is 2.14. The summed E-state index contributed by atoms with van der Waals surface area (Å²) in [7, 11) is 0. The maximum Gasteiger partial charge on any atom is 0.377 e. The van der Waals surface area contributed by atoms with E-state index in [-0.39, 0.29) is 23.7 Å². The average molecular weight is 268 g/mol. The Morgan fingerprint density at radius 1 is 1.21 bits per heavy atom. The summed E-state index contributed by atoms with van der Waals surface area (Å²) in [4.78, 5) is 11.1. The van der Waals surface area contributed by atoms with Gasteiger partial charge in [0, 0.05) is 11.8 Å². The highest BCUT2D eigenvalue weighted by Gasteiger charge is 3.00. The van der Waals surface area contributed by atoms with Crippen molar-refractivity contribution in [3.63, 3.8) is 0 Å². The summed E-state index contributed by atoms with van der Waals surface area (Å²) >= 11 is 0. The molecular weight excluding hydrogens is 254 g/mol. The number of carbonyl (C=O) groups is 1. The molecule has 4 bridgehead atoms. The molecule has 0 unspecified atom stereocenters. The number of aliphatic carboxylic acids is 1. The van der Waals surface area contributed by atoms with Gasteiger partial charge in [0.2, 0.25) is 0 Å². The zero-order valence-electron chi connectivity index (χ0n) is 10.3. The minimum Gasteiger partial charge on any atom is -0.477 e. The largest absolute Gasteiger partial charge is 0.477 e. The van der Waals surface area contributed by atoms with Crippen molar-refractivity contribution in [2.24, 2.45) is 47.3 Å². The molecule has 2 saturated heterocycles. The molecule has 10 atom stereocenters. The van der Waals surface area contributed by atoms with E-state index >= 15 is 0 Å². The van der Waals surface area contributed by atoms with Gasteiger partial charge in [-0.1, -0.05) is 0 Å². The van der Waals surface area contributed by atoms with E-state index in [1.165, 1.54) is 0 Å². The lowest BCUT2D eigenvalue weighted by Gasteiger charge is -2.47. The average Bonchev–Trinajstić information content (AvgIpc) is 2.88. The van der Waals surface area contributed by atoms with Gasteiger partial charge in [0.25, 0.3) is 0 Å². The molecule has 0 amide bonds. The predicted molar refractivity (Wildman–Crippen MR) is 57.3 cm³/mol. The van der Waals surface area contributed by atoms with Crippen LogP contribution in [0.2, 0.25) is 0 Å². The second-order valence-electron chi connectivity index (χ2n) is 7.78. The van der Waals surface area contributed by atoms with Crippen LogP contribution < -0.4 is 0 Å². The van der Waals surface area contributed by atoms with Crippen LogP contribution in [0.1, 0.15) is 13.3 Å². The molecule has 19 heavy (non-hydrogen) atoms. The minimum atomic E-state index is -3.73. The minimum absolute atomic E-state index is 0.188. The maximum atomic E-state index is 14.5. The Bertz CT molecular complexity index is 577. The highest BCUT2D eigenvalue weighted by Crippen LogP contribution is 2.94. The molecule has 7 rings (SSSR count). The molecule has 102 valence electrons. The van der Waals surface area contributed by atoms with Crippen molar-refractivity contribution in [1.29, 1.82) is 0 Å². The lowest BCUT2D eigenvalue weighted by atomic mass is 9.54. The van der Waals surface area contributed by atoms with Crippen LogP contribution in [0.3, 0.4) is 0 Å². The molecule has 0 radical (unpaired) electrons. The van der Waals surface area contributed by atoms with Gasteiger partial charge in [-0.25, -0.2) is 4.79 Å². The van der Waals surface area contributed by atoms with Crippen LogP contribution in [0.5, 0.6) is 0 Å². The first-order valence-corrected chi connectivity index (χ1v) is 7.19. The summed E-state index contributed by atoms with van der Waals surface area (Å²) in [5.74, 6) is -3.94. The third-order valence-corrected chi connectivity index (χ3v) is 7.97. The first-order valence-electron chi connectivity index (χ1n) is 7.19. The third kappa shape index (κ3) is 0.569. The molecule has 0 aromatic carbocycles. The van der Waals surface area contributed by atoms with Gasteiger partial charge < -0.3 is 9.84 Å². The molecule has 5 heteroatoms. The fourth-order valence-corrected chi connectivity index (χ4v) is 8.24. The SMILES string of the molecule is C[C@@]12O[C@@]3(C(F)(F)C(=O)O)[C@@H]4[C@H]5C[C@@H]([C@@H]6[C@@H]5[C@@H]3[C@H]61)[C@H]42. The highest BCUT2D eigenvalue weighted by molar-refractivity contribution is 5.78. The van der Waals surface area contributed by atoms with Crippen molar-refractivity contribution in [2.75, 3.05) is 0 Å². The number of rotatable bonds is 2. The predicted octanol–water partition coefficient (Wildman–Crippen LogP) is 1.62. The number of carboxylic acids is 1. The Hall–Kier alpha value is -0.710. The van der Waals surface area contributed by atoms with Gasteiger partial charge in [-0.15, -0.1) is 0 Å². The van der Waals surface area contributed by atoms with Crippen molar-refractivity contribution in [3.05, 3.63) is 0 Å². The van der Waals surface area contributed by atoms with Gasteiger partial charge >= 0.3 is 11.9 Å². The van der Waals surface area contributed by atoms with Gasteiger partial charge in [0.05, 0.1) is 5.60 Å². The zero-order chi connectivity index (χ0) is 13.1. The normalized spacial score (nSPS) is 72.4. The van der Waals surface area contributed by atoms with Crippen LogP contribution in [-0.2, 0) is 9.53 Å². The van der Waals surface area contributed by atoms with E-state index in [1.54, 1.807) is 0 Å². The van der Waals surface area contributed by atoms with Gasteiger partial charge in [-0.2, -0.15) is 8.78 Å². The van der Waals surface area contributed by atoms with Crippen molar-refractivity contribution < 1.29 is 23.4 Å². The first-order chi connectivity index (χ1) is 8.87. The van der Waals surface area contributed by atoms with E-state index in [0.29, 0.717) is 23.7 Å². The van der Waals surface area contributed by atoms with E-state index in [0.717, 1.165) is 6.42 Å². The Morgan fingerprint density at radius 2 is 1.84 bits per heavy atom. The summed E-state index contributed by atoms with van der Waals surface area (Å²) in [5, 5.41) is 9.03. The quantitative estimate of drug-likeness (QED) is 0.828. The summed E-state index contributed by atoms with van der Waals surface area (Å²) in [6, 6.07) is 0. The lowest BCUT2D eigenvalue weighted by molar-refractivity contribution is -0.227. The number of alkyl halides is 2. The fourth-order valence-electron chi connectivity index (χ4n) is 8.24. The summed E-state index contributed by atoms with van der Waals surface area (Å²) in [6.45, 7) is 1.98. The van der Waals surface area contributed by atoms with Crippen LogP contribution in [0.4, 0.5) is 8.78 Å². The zero-order valence-corrected chi connectivity index (χ0v) is 10.3. The number of carboxylic acid groups (broad SMARTS) is 1. The molecule has 0 aromatic rings. The number of ether oxygens (including phenoxy) is 1. The summed E-state index contributed by atoms with van der Waals surface area (Å²) in [6.07, 6.45) is 1.05. The lowest BCUT2D eigenvalue weighted by Crippen LogP contribution is -2.61. The molecule has 7 fully saturated rings. The molecule has 0 aromatic heterocycles. The van der Waals surface area contributed by atoms with Gasteiger partial charge in [-0.3, -0.25) is 0 Å². The molecule has 0 spiro atoms. The third-order valence-electron chi connectivity index (χ3n) is 7.97. The standard InChI is InChI=1S/C14H14F2O3/c1-12-7-3-2-4-6-5(3)9(12)10(6)13(19-12,8(4)7)14(15,16)11(17)18/h3-10H,2H2,1H3,(H,17,18)/t3-,4-,5+,6+,7+,8+,9-,10+,12-,13-/m0/s1. The number of hydrogen-bond donors (Lipinski definition) is 1. The van der Waals surface area contributed by atoms with E-state index in [9.17, 15) is 13.6 Å². The van der Waals surface area contributed by atoms with Gasteiger partial charge in [0.15, 0.2) is 5.60 Å². The molecule has 5 aliphatic carbocycles. The van der Waals surface area contributed by atoms with Crippen molar-refractivity contribution in [3.8, 4) is 0 Å². The second-order valence-corrected chi connectivity index (χ2v) is 7.78. The number of hydrogen-bond acceptors (Lipinski definition) is 2. The molecule has 1 N–H and O–H groups in total. The smallest absolute Gasteiger partial charge is 0.377 e. The molecule has 2 aliphatic heterocycles. The topological polar surface area (TPSA) is 46.5 Å². The summed E-state index contributed by atoms with van der Waals surface area (Å²) < 4.78 is 34.9. The number of halogens is 2. The Balaban J connectivity index is 1.67. The van der Waals surface area contributed by atoms with Gasteiger partial charge in [0.1, 0.15) is 0 Å². The Morgan fingerprint density at radius 3 is 2.53 bits per heavy atom. The first kappa shape index (κ1) is 10.1. The Labute approximate surface area is 108 Å². The van der Waals surface area contributed by atoms with Crippen molar-refractivity contribution >= 4 is 5.97 Å². The highest BCUT2D eigenvalue weighted by atomic mass is 19.3. The van der Waals surface area contributed by atoms with E-state index < -0.39 is 23.1 Å². The van der Waals surface area contributed by atoms with Crippen molar-refractivity contribution in [2.45, 2.75) is 30.5 Å². The van der Waals surface area contributed by atoms with Crippen molar-refractivity contribution in [1.82, 2.24) is 0 Å². The van der Waals surface area contributed by atoms with E-state index in [4.69, 9.17) is 9.84 Å². The molecule has 7 aliphatic rings. The Kier molecular flexibility index (Phi) is 1.14. The van der Waals surface area contributed by atoms with E-state index in [1.807, 2.05) is 6.92 Å². The van der Waals surface area contributed by atoms with Crippen LogP contribution >= 0.6 is 0 Å². The van der Waals surface area contributed by atoms with Gasteiger partial charge in [-0.05, 0) is 48.9 Å². The van der Waals surface area contributed by atoms with E-state index in [2.05, 4.69) is 0 Å². The molecular formula is C14H14F2O3.